The molecule has 1 aromatic rings. The Labute approximate surface area is 108 Å². The molecule has 100 valence electrons. The third-order valence-electron chi connectivity index (χ3n) is 4.16. The van der Waals surface area contributed by atoms with Crippen LogP contribution in [0.3, 0.4) is 0 Å². The summed E-state index contributed by atoms with van der Waals surface area (Å²) in [6.45, 7) is 6.35. The van der Waals surface area contributed by atoms with E-state index in [1.165, 1.54) is 6.20 Å². The summed E-state index contributed by atoms with van der Waals surface area (Å²) < 4.78 is 14.0. The van der Waals surface area contributed by atoms with E-state index in [9.17, 15) is 9.50 Å². The highest BCUT2D eigenvalue weighted by molar-refractivity contribution is 5.24. The van der Waals surface area contributed by atoms with Crippen LogP contribution in [0.2, 0.25) is 0 Å². The molecule has 2 atom stereocenters. The quantitative estimate of drug-likeness (QED) is 0.826. The number of pyridine rings is 1. The molecule has 2 nitrogen and oxygen atoms in total. The first-order valence-electron chi connectivity index (χ1n) is 6.68. The van der Waals surface area contributed by atoms with E-state index in [4.69, 9.17) is 0 Å². The average Bonchev–Trinajstić information content (AvgIpc) is 2.28. The second-order valence-corrected chi connectivity index (χ2v) is 6.44. The lowest BCUT2D eigenvalue weighted by molar-refractivity contribution is -0.0980. The maximum atomic E-state index is 14.0. The first-order chi connectivity index (χ1) is 8.36. The summed E-state index contributed by atoms with van der Waals surface area (Å²) in [5, 5.41) is 11.1. The van der Waals surface area contributed by atoms with Crippen molar-refractivity contribution in [2.75, 3.05) is 0 Å². The highest BCUT2D eigenvalue weighted by Crippen LogP contribution is 2.50. The Bertz CT molecular complexity index is 427. The van der Waals surface area contributed by atoms with E-state index in [0.29, 0.717) is 12.0 Å². The van der Waals surface area contributed by atoms with Gasteiger partial charge in [0.25, 0.3) is 0 Å². The fourth-order valence-corrected chi connectivity index (χ4v) is 3.35. The van der Waals surface area contributed by atoms with E-state index in [-0.39, 0.29) is 11.3 Å². The largest absolute Gasteiger partial charge is 0.385 e. The third kappa shape index (κ3) is 2.28. The van der Waals surface area contributed by atoms with Crippen molar-refractivity contribution in [2.45, 2.75) is 52.1 Å². The van der Waals surface area contributed by atoms with Crippen LogP contribution in [0.15, 0.2) is 18.5 Å². The number of aromatic nitrogens is 1. The van der Waals surface area contributed by atoms with Gasteiger partial charge in [-0.25, -0.2) is 4.39 Å². The van der Waals surface area contributed by atoms with Gasteiger partial charge in [-0.1, -0.05) is 33.6 Å². The second kappa shape index (κ2) is 4.61. The maximum absolute atomic E-state index is 14.0. The van der Waals surface area contributed by atoms with E-state index in [1.807, 2.05) is 0 Å². The van der Waals surface area contributed by atoms with Crippen molar-refractivity contribution in [3.05, 3.63) is 29.8 Å². The number of aliphatic hydroxyl groups is 1. The van der Waals surface area contributed by atoms with Gasteiger partial charge in [-0.15, -0.1) is 0 Å². The molecular formula is C15H22FNO. The standard InChI is InChI=1S/C15H22FNO/c1-14(2,3)13-6-4-5-8-15(13,18)11-7-9-17-10-12(11)16/h7,9-10,13,18H,4-6,8H2,1-3H3. The Hall–Kier alpha value is -0.960. The predicted octanol–water partition coefficient (Wildman–Crippen LogP) is 3.64. The van der Waals surface area contributed by atoms with Gasteiger partial charge in [0.05, 0.1) is 11.8 Å². The maximum Gasteiger partial charge on any atom is 0.147 e. The van der Waals surface area contributed by atoms with Gasteiger partial charge < -0.3 is 5.11 Å². The average molecular weight is 251 g/mol. The fraction of sp³-hybridized carbons (Fsp3) is 0.667. The van der Waals surface area contributed by atoms with Gasteiger partial charge in [-0.3, -0.25) is 4.98 Å². The van der Waals surface area contributed by atoms with Crippen LogP contribution in [0.5, 0.6) is 0 Å². The monoisotopic (exact) mass is 251 g/mol. The van der Waals surface area contributed by atoms with Crippen molar-refractivity contribution in [1.82, 2.24) is 4.98 Å². The molecule has 1 saturated carbocycles. The zero-order valence-corrected chi connectivity index (χ0v) is 11.4. The zero-order chi connectivity index (χ0) is 13.4. The molecule has 0 radical (unpaired) electrons. The zero-order valence-electron chi connectivity index (χ0n) is 11.4. The topological polar surface area (TPSA) is 33.1 Å². The Morgan fingerprint density at radius 3 is 2.72 bits per heavy atom. The van der Waals surface area contributed by atoms with E-state index in [0.717, 1.165) is 19.3 Å². The van der Waals surface area contributed by atoms with Crippen LogP contribution in [0.25, 0.3) is 0 Å². The molecule has 0 aliphatic heterocycles. The molecule has 1 fully saturated rings. The van der Waals surface area contributed by atoms with E-state index in [2.05, 4.69) is 25.8 Å². The lowest BCUT2D eigenvalue weighted by Gasteiger charge is -2.47. The summed E-state index contributed by atoms with van der Waals surface area (Å²) in [6.07, 6.45) is 6.39. The molecule has 3 heteroatoms. The molecule has 1 N–H and O–H groups in total. The fourth-order valence-electron chi connectivity index (χ4n) is 3.35. The van der Waals surface area contributed by atoms with Crippen molar-refractivity contribution < 1.29 is 9.50 Å². The van der Waals surface area contributed by atoms with Gasteiger partial charge in [0.2, 0.25) is 0 Å². The molecule has 0 saturated heterocycles. The molecule has 0 aromatic carbocycles. The van der Waals surface area contributed by atoms with Gasteiger partial charge in [-0.2, -0.15) is 0 Å². The summed E-state index contributed by atoms with van der Waals surface area (Å²) in [5.74, 6) is -0.313. The van der Waals surface area contributed by atoms with E-state index >= 15 is 0 Å². The lowest BCUT2D eigenvalue weighted by atomic mass is 9.61. The first-order valence-corrected chi connectivity index (χ1v) is 6.68. The summed E-state index contributed by atoms with van der Waals surface area (Å²) in [7, 11) is 0. The minimum absolute atomic E-state index is 0.0368. The van der Waals surface area contributed by atoms with Gasteiger partial charge in [0.1, 0.15) is 5.82 Å². The highest BCUT2D eigenvalue weighted by Gasteiger charge is 2.47. The molecule has 0 spiro atoms. The number of nitrogens with zero attached hydrogens (tertiary/aromatic N) is 1. The molecule has 0 bridgehead atoms. The van der Waals surface area contributed by atoms with Crippen LogP contribution in [-0.4, -0.2) is 10.1 Å². The first kappa shape index (κ1) is 13.5. The van der Waals surface area contributed by atoms with E-state index in [1.54, 1.807) is 12.3 Å². The normalized spacial score (nSPS) is 29.3. The second-order valence-electron chi connectivity index (χ2n) is 6.44. The van der Waals surface area contributed by atoms with Crippen LogP contribution < -0.4 is 0 Å². The number of hydrogen-bond donors (Lipinski definition) is 1. The van der Waals surface area contributed by atoms with Gasteiger partial charge in [0.15, 0.2) is 0 Å². The number of rotatable bonds is 1. The van der Waals surface area contributed by atoms with Crippen LogP contribution in [0.1, 0.15) is 52.0 Å². The third-order valence-corrected chi connectivity index (χ3v) is 4.16. The Morgan fingerprint density at radius 2 is 2.11 bits per heavy atom. The minimum atomic E-state index is -1.05. The van der Waals surface area contributed by atoms with Crippen LogP contribution in [0, 0.1) is 17.2 Å². The van der Waals surface area contributed by atoms with Crippen LogP contribution in [-0.2, 0) is 5.60 Å². The molecule has 0 amide bonds. The summed E-state index contributed by atoms with van der Waals surface area (Å²) in [5.41, 5.74) is -0.675. The highest BCUT2D eigenvalue weighted by atomic mass is 19.1. The molecule has 1 aliphatic carbocycles. The molecular weight excluding hydrogens is 229 g/mol. The van der Waals surface area contributed by atoms with Crippen LogP contribution in [0.4, 0.5) is 4.39 Å². The van der Waals surface area contributed by atoms with Crippen molar-refractivity contribution in [1.29, 1.82) is 0 Å². The molecule has 2 unspecified atom stereocenters. The summed E-state index contributed by atoms with van der Waals surface area (Å²) in [4.78, 5) is 3.77. The van der Waals surface area contributed by atoms with Gasteiger partial charge in [0, 0.05) is 11.8 Å². The van der Waals surface area contributed by atoms with E-state index < -0.39 is 11.4 Å². The predicted molar refractivity (Wildman–Crippen MR) is 69.5 cm³/mol. The summed E-state index contributed by atoms with van der Waals surface area (Å²) in [6, 6.07) is 1.62. The Kier molecular flexibility index (Phi) is 3.45. The van der Waals surface area contributed by atoms with Crippen molar-refractivity contribution in [2.24, 2.45) is 11.3 Å². The van der Waals surface area contributed by atoms with Crippen molar-refractivity contribution in [3.63, 3.8) is 0 Å². The molecule has 1 aromatic heterocycles. The van der Waals surface area contributed by atoms with Gasteiger partial charge >= 0.3 is 0 Å². The Morgan fingerprint density at radius 1 is 1.39 bits per heavy atom. The molecule has 2 rings (SSSR count). The molecule has 1 aliphatic rings. The van der Waals surface area contributed by atoms with Crippen molar-refractivity contribution in [3.8, 4) is 0 Å². The molecule has 18 heavy (non-hydrogen) atoms. The Balaban J connectivity index is 2.46. The minimum Gasteiger partial charge on any atom is -0.385 e. The number of hydrogen-bond acceptors (Lipinski definition) is 2. The number of halogens is 1. The smallest absolute Gasteiger partial charge is 0.147 e. The lowest BCUT2D eigenvalue weighted by Crippen LogP contribution is -2.45. The van der Waals surface area contributed by atoms with Crippen molar-refractivity contribution >= 4 is 0 Å². The van der Waals surface area contributed by atoms with Crippen LogP contribution >= 0.6 is 0 Å². The van der Waals surface area contributed by atoms with Gasteiger partial charge in [-0.05, 0) is 30.2 Å². The molecule has 1 heterocycles. The SMILES string of the molecule is CC(C)(C)C1CCCCC1(O)c1ccncc1F. The summed E-state index contributed by atoms with van der Waals surface area (Å²) >= 11 is 0.